The Labute approximate surface area is 134 Å². The third-order valence-electron chi connectivity index (χ3n) is 3.13. The molecule has 0 unspecified atom stereocenters. The maximum Gasteiger partial charge on any atom is 0.331 e. The number of methoxy groups -OCH3 is 1. The van der Waals surface area contributed by atoms with Crippen LogP contribution >= 0.6 is 0 Å². The number of rotatable bonds is 5. The molecule has 0 saturated carbocycles. The van der Waals surface area contributed by atoms with Crippen molar-refractivity contribution in [2.45, 2.75) is 45.4 Å². The molecule has 1 fully saturated rings. The molecule has 128 valence electrons. The van der Waals surface area contributed by atoms with Crippen molar-refractivity contribution in [1.29, 1.82) is 0 Å². The van der Waals surface area contributed by atoms with Gasteiger partial charge in [-0.1, -0.05) is 0 Å². The van der Waals surface area contributed by atoms with E-state index in [-0.39, 0.29) is 25.0 Å². The summed E-state index contributed by atoms with van der Waals surface area (Å²) in [5.41, 5.74) is 0. The highest BCUT2D eigenvalue weighted by Crippen LogP contribution is 2.22. The number of amides is 1. The number of ether oxygens (including phenoxy) is 3. The van der Waals surface area contributed by atoms with E-state index in [1.807, 2.05) is 0 Å². The predicted molar refractivity (Wildman–Crippen MR) is 78.1 cm³/mol. The van der Waals surface area contributed by atoms with E-state index in [0.29, 0.717) is 0 Å². The second-order valence-electron chi connectivity index (χ2n) is 5.32. The normalized spacial score (nSPS) is 20.7. The van der Waals surface area contributed by atoms with Gasteiger partial charge in [0.15, 0.2) is 0 Å². The van der Waals surface area contributed by atoms with Crippen LogP contribution in [0.2, 0.25) is 0 Å². The number of hydrogen-bond donors (Lipinski definition) is 0. The van der Waals surface area contributed by atoms with E-state index in [9.17, 15) is 19.2 Å². The maximum atomic E-state index is 12.0. The fourth-order valence-corrected chi connectivity index (χ4v) is 2.17. The van der Waals surface area contributed by atoms with E-state index in [1.54, 1.807) is 13.8 Å². The molecule has 1 saturated heterocycles. The maximum absolute atomic E-state index is 12.0. The van der Waals surface area contributed by atoms with Gasteiger partial charge in [-0.25, -0.2) is 14.4 Å². The monoisotopic (exact) mass is 327 g/mol. The van der Waals surface area contributed by atoms with E-state index in [2.05, 4.69) is 4.74 Å². The van der Waals surface area contributed by atoms with Crippen molar-refractivity contribution in [2.75, 3.05) is 13.7 Å². The van der Waals surface area contributed by atoms with Gasteiger partial charge in [-0.3, -0.25) is 4.79 Å². The van der Waals surface area contributed by atoms with Gasteiger partial charge in [-0.2, -0.15) is 0 Å². The Morgan fingerprint density at radius 3 is 2.26 bits per heavy atom. The summed E-state index contributed by atoms with van der Waals surface area (Å²) in [6.07, 6.45) is 1.08. The fourth-order valence-electron chi connectivity index (χ4n) is 2.17. The standard InChI is InChI=1S/C15H21NO7/c1-9(2)22-15(20)12-7-11(8-16(12)10(3)17)23-14(19)6-5-13(18)21-4/h5-6,9,11-12H,7-8H2,1-4H3/b6-5+/t11-,12+/m1/s1. The second kappa shape index (κ2) is 8.30. The van der Waals surface area contributed by atoms with E-state index < -0.39 is 30.1 Å². The minimum absolute atomic E-state index is 0.102. The topological polar surface area (TPSA) is 99.2 Å². The average Bonchev–Trinajstić information content (AvgIpc) is 2.88. The van der Waals surface area contributed by atoms with Gasteiger partial charge in [0, 0.05) is 25.5 Å². The van der Waals surface area contributed by atoms with Crippen molar-refractivity contribution in [2.24, 2.45) is 0 Å². The van der Waals surface area contributed by atoms with Gasteiger partial charge in [0.05, 0.1) is 19.8 Å². The molecule has 0 bridgehead atoms. The number of carbonyl (C=O) groups excluding carboxylic acids is 4. The first-order chi connectivity index (χ1) is 10.7. The lowest BCUT2D eigenvalue weighted by molar-refractivity contribution is -0.156. The van der Waals surface area contributed by atoms with Crippen LogP contribution in [0.15, 0.2) is 12.2 Å². The number of esters is 3. The first-order valence-electron chi connectivity index (χ1n) is 7.19. The van der Waals surface area contributed by atoms with Crippen molar-refractivity contribution in [1.82, 2.24) is 4.90 Å². The molecule has 1 amide bonds. The second-order valence-corrected chi connectivity index (χ2v) is 5.32. The predicted octanol–water partition coefficient (Wildman–Crippen LogP) is 0.200. The van der Waals surface area contributed by atoms with Gasteiger partial charge < -0.3 is 19.1 Å². The largest absolute Gasteiger partial charge is 0.466 e. The van der Waals surface area contributed by atoms with Crippen LogP contribution in [0.4, 0.5) is 0 Å². The fraction of sp³-hybridized carbons (Fsp3) is 0.600. The smallest absolute Gasteiger partial charge is 0.331 e. The van der Waals surface area contributed by atoms with Crippen LogP contribution in [0, 0.1) is 0 Å². The van der Waals surface area contributed by atoms with E-state index >= 15 is 0 Å². The lowest BCUT2D eigenvalue weighted by Crippen LogP contribution is -2.41. The van der Waals surface area contributed by atoms with Gasteiger partial charge >= 0.3 is 17.9 Å². The van der Waals surface area contributed by atoms with E-state index in [1.165, 1.54) is 18.9 Å². The molecule has 0 aromatic carbocycles. The Hall–Kier alpha value is -2.38. The first kappa shape index (κ1) is 18.7. The number of hydrogen-bond acceptors (Lipinski definition) is 7. The molecular weight excluding hydrogens is 306 g/mol. The summed E-state index contributed by atoms with van der Waals surface area (Å²) in [6.45, 7) is 4.85. The van der Waals surface area contributed by atoms with Crippen LogP contribution < -0.4 is 0 Å². The molecule has 0 aromatic heterocycles. The molecule has 1 aliphatic heterocycles. The molecule has 0 radical (unpaired) electrons. The quantitative estimate of drug-likeness (QED) is 0.404. The molecular formula is C15H21NO7. The summed E-state index contributed by atoms with van der Waals surface area (Å²) in [5.74, 6) is -2.27. The summed E-state index contributed by atoms with van der Waals surface area (Å²) in [6, 6.07) is -0.780. The van der Waals surface area contributed by atoms with Crippen molar-refractivity contribution in [3.05, 3.63) is 12.2 Å². The number of carbonyl (C=O) groups is 4. The Morgan fingerprint density at radius 1 is 1.13 bits per heavy atom. The summed E-state index contributed by atoms with van der Waals surface area (Å²) < 4.78 is 14.6. The van der Waals surface area contributed by atoms with E-state index in [0.717, 1.165) is 12.2 Å². The molecule has 0 aliphatic carbocycles. The highest BCUT2D eigenvalue weighted by Gasteiger charge is 2.41. The molecule has 8 nitrogen and oxygen atoms in total. The average molecular weight is 327 g/mol. The number of nitrogens with zero attached hydrogens (tertiary/aromatic N) is 1. The van der Waals surface area contributed by atoms with Crippen LogP contribution in [0.3, 0.4) is 0 Å². The Bertz CT molecular complexity index is 512. The Kier molecular flexibility index (Phi) is 6.74. The van der Waals surface area contributed by atoms with Crippen molar-refractivity contribution in [3.8, 4) is 0 Å². The van der Waals surface area contributed by atoms with E-state index in [4.69, 9.17) is 9.47 Å². The zero-order chi connectivity index (χ0) is 17.6. The van der Waals surface area contributed by atoms with Gasteiger partial charge in [0.1, 0.15) is 12.1 Å². The molecule has 0 spiro atoms. The zero-order valence-electron chi connectivity index (χ0n) is 13.6. The minimum atomic E-state index is -0.780. The van der Waals surface area contributed by atoms with Crippen molar-refractivity contribution in [3.63, 3.8) is 0 Å². The van der Waals surface area contributed by atoms with Crippen LogP contribution in [0.1, 0.15) is 27.2 Å². The molecule has 1 rings (SSSR count). The van der Waals surface area contributed by atoms with Gasteiger partial charge in [-0.15, -0.1) is 0 Å². The van der Waals surface area contributed by atoms with Gasteiger partial charge in [-0.05, 0) is 13.8 Å². The molecule has 0 N–H and O–H groups in total. The third kappa shape index (κ3) is 5.72. The lowest BCUT2D eigenvalue weighted by atomic mass is 10.2. The lowest BCUT2D eigenvalue weighted by Gasteiger charge is -2.22. The van der Waals surface area contributed by atoms with Crippen molar-refractivity contribution < 1.29 is 33.4 Å². The molecule has 1 aliphatic rings. The highest BCUT2D eigenvalue weighted by molar-refractivity contribution is 5.91. The summed E-state index contributed by atoms with van der Waals surface area (Å²) in [7, 11) is 1.19. The highest BCUT2D eigenvalue weighted by atomic mass is 16.6. The van der Waals surface area contributed by atoms with Gasteiger partial charge in [0.2, 0.25) is 5.91 Å². The zero-order valence-corrected chi connectivity index (χ0v) is 13.6. The first-order valence-corrected chi connectivity index (χ1v) is 7.19. The molecule has 1 heterocycles. The number of likely N-dealkylation sites (tertiary alicyclic amines) is 1. The molecule has 2 atom stereocenters. The summed E-state index contributed by atoms with van der Waals surface area (Å²) in [4.78, 5) is 47.5. The van der Waals surface area contributed by atoms with Crippen molar-refractivity contribution >= 4 is 23.8 Å². The van der Waals surface area contributed by atoms with Crippen LogP contribution in [-0.2, 0) is 33.4 Å². The Balaban J connectivity index is 2.68. The SMILES string of the molecule is COC(=O)/C=C/C(=O)O[C@@H]1C[C@@H](C(=O)OC(C)C)N(C(C)=O)C1. The van der Waals surface area contributed by atoms with Crippen LogP contribution in [-0.4, -0.2) is 60.6 Å². The Morgan fingerprint density at radius 2 is 1.74 bits per heavy atom. The molecule has 8 heteroatoms. The van der Waals surface area contributed by atoms with Crippen LogP contribution in [0.25, 0.3) is 0 Å². The summed E-state index contributed by atoms with van der Waals surface area (Å²) >= 11 is 0. The summed E-state index contributed by atoms with van der Waals surface area (Å²) in [5, 5.41) is 0. The third-order valence-corrected chi connectivity index (χ3v) is 3.13. The van der Waals surface area contributed by atoms with Crippen LogP contribution in [0.5, 0.6) is 0 Å². The molecule has 23 heavy (non-hydrogen) atoms. The minimum Gasteiger partial charge on any atom is -0.466 e. The molecule has 0 aromatic rings. The van der Waals surface area contributed by atoms with Gasteiger partial charge in [0.25, 0.3) is 0 Å².